The van der Waals surface area contributed by atoms with E-state index in [9.17, 15) is 4.79 Å². The predicted molar refractivity (Wildman–Crippen MR) is 84.3 cm³/mol. The van der Waals surface area contributed by atoms with Gasteiger partial charge in [-0.25, -0.2) is 0 Å². The predicted octanol–water partition coefficient (Wildman–Crippen LogP) is 1.27. The van der Waals surface area contributed by atoms with Crippen LogP contribution in [0.5, 0.6) is 11.5 Å². The van der Waals surface area contributed by atoms with Crippen molar-refractivity contribution in [3.8, 4) is 22.9 Å². The molecule has 2 aromatic rings. The van der Waals surface area contributed by atoms with Gasteiger partial charge in [-0.15, -0.1) is 10.2 Å². The molecule has 8 nitrogen and oxygen atoms in total. The number of methoxy groups -OCH3 is 2. The van der Waals surface area contributed by atoms with Crippen LogP contribution in [0.15, 0.2) is 18.2 Å². The Morgan fingerprint density at radius 2 is 1.91 bits per heavy atom. The van der Waals surface area contributed by atoms with Crippen LogP contribution in [0.25, 0.3) is 11.4 Å². The van der Waals surface area contributed by atoms with Gasteiger partial charge in [-0.05, 0) is 44.2 Å². The van der Waals surface area contributed by atoms with Gasteiger partial charge in [0.1, 0.15) is 6.54 Å². The fourth-order valence-electron chi connectivity index (χ4n) is 1.99. The Bertz CT molecular complexity index is 691. The molecule has 0 radical (unpaired) electrons. The molecule has 124 valence electrons. The van der Waals surface area contributed by atoms with Crippen LogP contribution in [0.1, 0.15) is 20.8 Å². The van der Waals surface area contributed by atoms with Crippen molar-refractivity contribution < 1.29 is 14.3 Å². The number of ether oxygens (including phenoxy) is 2. The molecule has 0 unspecified atom stereocenters. The van der Waals surface area contributed by atoms with E-state index in [4.69, 9.17) is 9.47 Å². The fourth-order valence-corrected chi connectivity index (χ4v) is 1.99. The Kier molecular flexibility index (Phi) is 4.83. The van der Waals surface area contributed by atoms with Gasteiger partial charge >= 0.3 is 0 Å². The summed E-state index contributed by atoms with van der Waals surface area (Å²) in [5, 5.41) is 14.9. The second-order valence-corrected chi connectivity index (χ2v) is 6.01. The summed E-state index contributed by atoms with van der Waals surface area (Å²) in [7, 11) is 3.13. The Labute approximate surface area is 134 Å². The molecule has 0 bridgehead atoms. The molecule has 0 spiro atoms. The largest absolute Gasteiger partial charge is 0.493 e. The summed E-state index contributed by atoms with van der Waals surface area (Å²) in [4.78, 5) is 13.1. The molecule has 1 amide bonds. The van der Waals surface area contributed by atoms with E-state index < -0.39 is 0 Å². The van der Waals surface area contributed by atoms with Crippen molar-refractivity contribution in [2.45, 2.75) is 32.9 Å². The molecule has 0 fully saturated rings. The number of nitrogens with one attached hydrogen (secondary N) is 1. The number of hydrogen-bond acceptors (Lipinski definition) is 6. The molecular formula is C15H21N5O3. The summed E-state index contributed by atoms with van der Waals surface area (Å²) in [5.41, 5.74) is 0.425. The van der Waals surface area contributed by atoms with Crippen LogP contribution in [-0.2, 0) is 11.3 Å². The van der Waals surface area contributed by atoms with Gasteiger partial charge in [0, 0.05) is 11.1 Å². The van der Waals surface area contributed by atoms with Gasteiger partial charge < -0.3 is 14.8 Å². The van der Waals surface area contributed by atoms with E-state index in [1.54, 1.807) is 32.4 Å². The van der Waals surface area contributed by atoms with Crippen molar-refractivity contribution in [1.82, 2.24) is 25.5 Å². The molecule has 1 aromatic carbocycles. The first-order valence-electron chi connectivity index (χ1n) is 7.13. The highest BCUT2D eigenvalue weighted by molar-refractivity contribution is 5.76. The second kappa shape index (κ2) is 6.64. The standard InChI is InChI=1S/C15H21N5O3/c1-15(2,3)16-13(21)9-20-18-14(17-19-20)10-6-7-11(22-4)12(8-10)23-5/h6-8H,9H2,1-5H3,(H,16,21). The van der Waals surface area contributed by atoms with Gasteiger partial charge in [0.2, 0.25) is 11.7 Å². The van der Waals surface area contributed by atoms with E-state index in [-0.39, 0.29) is 18.0 Å². The van der Waals surface area contributed by atoms with E-state index in [2.05, 4.69) is 20.7 Å². The summed E-state index contributed by atoms with van der Waals surface area (Å²) in [6.45, 7) is 5.75. The second-order valence-electron chi connectivity index (χ2n) is 6.01. The van der Waals surface area contributed by atoms with E-state index >= 15 is 0 Å². The van der Waals surface area contributed by atoms with E-state index in [0.717, 1.165) is 5.56 Å². The molecule has 2 rings (SSSR count). The van der Waals surface area contributed by atoms with E-state index in [0.29, 0.717) is 17.3 Å². The normalized spacial score (nSPS) is 11.2. The molecule has 0 saturated carbocycles. The number of benzene rings is 1. The minimum atomic E-state index is -0.302. The zero-order chi connectivity index (χ0) is 17.0. The van der Waals surface area contributed by atoms with Gasteiger partial charge in [0.15, 0.2) is 11.5 Å². The maximum atomic E-state index is 11.9. The summed E-state index contributed by atoms with van der Waals surface area (Å²) < 4.78 is 10.4. The number of tetrazole rings is 1. The maximum absolute atomic E-state index is 11.9. The molecule has 0 aliphatic heterocycles. The van der Waals surface area contributed by atoms with Gasteiger partial charge in [-0.2, -0.15) is 4.80 Å². The average Bonchev–Trinajstić information content (AvgIpc) is 2.92. The number of carbonyl (C=O) groups is 1. The highest BCUT2D eigenvalue weighted by Crippen LogP contribution is 2.30. The van der Waals surface area contributed by atoms with E-state index in [1.165, 1.54) is 4.80 Å². The minimum Gasteiger partial charge on any atom is -0.493 e. The van der Waals surface area contributed by atoms with Crippen molar-refractivity contribution in [2.75, 3.05) is 14.2 Å². The summed E-state index contributed by atoms with van der Waals surface area (Å²) >= 11 is 0. The molecule has 0 aliphatic carbocycles. The maximum Gasteiger partial charge on any atom is 0.244 e. The number of rotatable bonds is 5. The third kappa shape index (κ3) is 4.41. The third-order valence-corrected chi connectivity index (χ3v) is 2.89. The molecule has 0 saturated heterocycles. The lowest BCUT2D eigenvalue weighted by Crippen LogP contribution is -2.42. The molecule has 1 heterocycles. The van der Waals surface area contributed by atoms with Gasteiger partial charge in [0.25, 0.3) is 0 Å². The fraction of sp³-hybridized carbons (Fsp3) is 0.467. The van der Waals surface area contributed by atoms with Crippen LogP contribution in [0.3, 0.4) is 0 Å². The molecule has 0 aliphatic rings. The quantitative estimate of drug-likeness (QED) is 0.892. The monoisotopic (exact) mass is 319 g/mol. The van der Waals surface area contributed by atoms with Crippen LogP contribution in [0.4, 0.5) is 0 Å². The van der Waals surface area contributed by atoms with Gasteiger partial charge in [-0.3, -0.25) is 4.79 Å². The van der Waals surface area contributed by atoms with Crippen LogP contribution < -0.4 is 14.8 Å². The number of aromatic nitrogens is 4. The van der Waals surface area contributed by atoms with Crippen molar-refractivity contribution in [1.29, 1.82) is 0 Å². The first-order chi connectivity index (χ1) is 10.8. The minimum absolute atomic E-state index is 0.0115. The van der Waals surface area contributed by atoms with Crippen molar-refractivity contribution in [2.24, 2.45) is 0 Å². The van der Waals surface area contributed by atoms with Crippen molar-refractivity contribution in [3.05, 3.63) is 18.2 Å². The first-order valence-corrected chi connectivity index (χ1v) is 7.13. The molecule has 1 N–H and O–H groups in total. The third-order valence-electron chi connectivity index (χ3n) is 2.89. The summed E-state index contributed by atoms with van der Waals surface area (Å²) in [5.74, 6) is 1.43. The Balaban J connectivity index is 2.14. The molecular weight excluding hydrogens is 298 g/mol. The zero-order valence-electron chi connectivity index (χ0n) is 14.0. The Hall–Kier alpha value is -2.64. The number of amides is 1. The number of carbonyl (C=O) groups excluding carboxylic acids is 1. The number of hydrogen-bond donors (Lipinski definition) is 1. The van der Waals surface area contributed by atoms with E-state index in [1.807, 2.05) is 20.8 Å². The van der Waals surface area contributed by atoms with Crippen LogP contribution in [0, 0.1) is 0 Å². The lowest BCUT2D eigenvalue weighted by atomic mass is 10.1. The number of nitrogens with zero attached hydrogens (tertiary/aromatic N) is 4. The first kappa shape index (κ1) is 16.7. The topological polar surface area (TPSA) is 91.2 Å². The molecule has 8 heteroatoms. The van der Waals surface area contributed by atoms with Gasteiger partial charge in [-0.1, -0.05) is 0 Å². The Morgan fingerprint density at radius 3 is 2.52 bits per heavy atom. The van der Waals surface area contributed by atoms with Gasteiger partial charge in [0.05, 0.1) is 14.2 Å². The van der Waals surface area contributed by atoms with Crippen molar-refractivity contribution in [3.63, 3.8) is 0 Å². The summed E-state index contributed by atoms with van der Waals surface area (Å²) in [6.07, 6.45) is 0. The SMILES string of the molecule is COc1ccc(-c2nnn(CC(=O)NC(C)(C)C)n2)cc1OC. The lowest BCUT2D eigenvalue weighted by molar-refractivity contribution is -0.123. The highest BCUT2D eigenvalue weighted by Gasteiger charge is 2.16. The van der Waals surface area contributed by atoms with Crippen LogP contribution in [0.2, 0.25) is 0 Å². The summed E-state index contributed by atoms with van der Waals surface area (Å²) in [6, 6.07) is 5.33. The molecule has 23 heavy (non-hydrogen) atoms. The Morgan fingerprint density at radius 1 is 1.22 bits per heavy atom. The molecule has 1 aromatic heterocycles. The van der Waals surface area contributed by atoms with Crippen LogP contribution in [-0.4, -0.2) is 45.9 Å². The zero-order valence-corrected chi connectivity index (χ0v) is 14.0. The van der Waals surface area contributed by atoms with Crippen molar-refractivity contribution >= 4 is 5.91 Å². The smallest absolute Gasteiger partial charge is 0.244 e. The average molecular weight is 319 g/mol. The molecule has 0 atom stereocenters. The van der Waals surface area contributed by atoms with Crippen LogP contribution >= 0.6 is 0 Å². The lowest BCUT2D eigenvalue weighted by Gasteiger charge is -2.19. The highest BCUT2D eigenvalue weighted by atomic mass is 16.5.